The van der Waals surface area contributed by atoms with E-state index in [1.165, 1.54) is 0 Å². The maximum atomic E-state index is 9.01. The highest BCUT2D eigenvalue weighted by molar-refractivity contribution is 6.49. The summed E-state index contributed by atoms with van der Waals surface area (Å²) in [6.07, 6.45) is -0.774. The predicted octanol–water partition coefficient (Wildman–Crippen LogP) is 1.51. The van der Waals surface area contributed by atoms with Crippen LogP contribution in [0.4, 0.5) is 0 Å². The summed E-state index contributed by atoms with van der Waals surface area (Å²) in [4.78, 5) is 0. The van der Waals surface area contributed by atoms with E-state index in [1.807, 2.05) is 0 Å². The lowest BCUT2D eigenvalue weighted by molar-refractivity contribution is -0.128. The molecule has 2 nitrogen and oxygen atoms in total. The second-order valence-corrected chi connectivity index (χ2v) is 4.41. The van der Waals surface area contributed by atoms with Crippen molar-refractivity contribution in [2.24, 2.45) is 0 Å². The zero-order chi connectivity index (χ0) is 7.78. The topological polar surface area (TPSA) is 29.5 Å². The summed E-state index contributed by atoms with van der Waals surface area (Å²) in [6.45, 7) is 0.296. The van der Waals surface area contributed by atoms with Crippen LogP contribution in [0.25, 0.3) is 0 Å². The number of alkyl halides is 3. The zero-order valence-corrected chi connectivity index (χ0v) is 7.33. The molecule has 0 radical (unpaired) electrons. The third-order valence-electron chi connectivity index (χ3n) is 1.29. The normalized spacial score (nSPS) is 39.6. The number of hydrogen-bond donors (Lipinski definition) is 1. The van der Waals surface area contributed by atoms with Gasteiger partial charge in [-0.2, -0.15) is 0 Å². The van der Waals surface area contributed by atoms with E-state index < -0.39 is 10.6 Å². The van der Waals surface area contributed by atoms with Gasteiger partial charge in [0.1, 0.15) is 0 Å². The molecule has 0 unspecified atom stereocenters. The van der Waals surface area contributed by atoms with E-state index in [2.05, 4.69) is 0 Å². The Kier molecular flexibility index (Phi) is 2.69. The summed E-state index contributed by atoms with van der Waals surface area (Å²) >= 11 is 16.9. The number of rotatable bonds is 0. The Morgan fingerprint density at radius 1 is 1.50 bits per heavy atom. The van der Waals surface area contributed by atoms with Gasteiger partial charge in [0.2, 0.25) is 0 Å². The lowest BCUT2D eigenvalue weighted by atomic mass is 10.2. The van der Waals surface area contributed by atoms with E-state index in [0.29, 0.717) is 13.0 Å². The smallest absolute Gasteiger partial charge is 0.188 e. The molecular weight excluding hydrogens is 198 g/mol. The molecule has 1 aliphatic rings. The molecule has 1 N–H and O–H groups in total. The van der Waals surface area contributed by atoms with Crippen molar-refractivity contribution in [1.82, 2.24) is 0 Å². The van der Waals surface area contributed by atoms with Crippen molar-refractivity contribution in [2.75, 3.05) is 6.61 Å². The Labute approximate surface area is 74.0 Å². The van der Waals surface area contributed by atoms with E-state index in [4.69, 9.17) is 44.6 Å². The molecule has 1 fully saturated rings. The Bertz CT molecular complexity index is 128. The Hall–Kier alpha value is 0.790. The molecule has 0 spiro atoms. The van der Waals surface area contributed by atoms with Gasteiger partial charge in [-0.1, -0.05) is 23.2 Å². The number of halogens is 3. The van der Waals surface area contributed by atoms with Crippen LogP contribution in [0, 0.1) is 0 Å². The fourth-order valence-electron chi connectivity index (χ4n) is 0.773. The number of aliphatic hydroxyl groups excluding tert-OH is 1. The summed E-state index contributed by atoms with van der Waals surface area (Å²) in [7, 11) is 0. The Balaban J connectivity index is 2.55. The molecule has 0 aromatic rings. The minimum Gasteiger partial charge on any atom is -0.366 e. The van der Waals surface area contributed by atoms with Gasteiger partial charge in [-0.25, -0.2) is 0 Å². The van der Waals surface area contributed by atoms with Crippen molar-refractivity contribution in [1.29, 1.82) is 0 Å². The molecule has 1 rings (SSSR count). The van der Waals surface area contributed by atoms with Crippen molar-refractivity contribution in [3.63, 3.8) is 0 Å². The molecule has 1 aliphatic heterocycles. The Morgan fingerprint density at radius 3 is 2.50 bits per heavy atom. The van der Waals surface area contributed by atoms with Crippen LogP contribution in [0.2, 0.25) is 0 Å². The molecule has 10 heavy (non-hydrogen) atoms. The van der Waals surface area contributed by atoms with Gasteiger partial charge >= 0.3 is 0 Å². The quantitative estimate of drug-likeness (QED) is 0.608. The number of ether oxygens (including phenoxy) is 1. The van der Waals surface area contributed by atoms with Crippen molar-refractivity contribution in [3.05, 3.63) is 0 Å². The zero-order valence-electron chi connectivity index (χ0n) is 5.06. The van der Waals surface area contributed by atoms with Crippen LogP contribution >= 0.6 is 34.8 Å². The molecule has 0 aromatic carbocycles. The molecule has 0 amide bonds. The number of hydrogen-bond acceptors (Lipinski definition) is 2. The lowest BCUT2D eigenvalue weighted by Gasteiger charge is -2.32. The van der Waals surface area contributed by atoms with Gasteiger partial charge in [-0.05, 0) is 0 Å². The molecule has 0 aromatic heterocycles. The van der Waals surface area contributed by atoms with E-state index in [-0.39, 0.29) is 5.38 Å². The fourth-order valence-corrected chi connectivity index (χ4v) is 1.75. The first-order valence-electron chi connectivity index (χ1n) is 2.84. The average Bonchev–Trinajstić information content (AvgIpc) is 1.78. The van der Waals surface area contributed by atoms with Gasteiger partial charge < -0.3 is 9.84 Å². The second kappa shape index (κ2) is 3.03. The van der Waals surface area contributed by atoms with Gasteiger partial charge in [0.15, 0.2) is 10.6 Å². The summed E-state index contributed by atoms with van der Waals surface area (Å²) < 4.78 is 3.52. The van der Waals surface area contributed by atoms with Crippen LogP contribution in [0.5, 0.6) is 0 Å². The molecule has 1 saturated heterocycles. The Morgan fingerprint density at radius 2 is 2.10 bits per heavy atom. The van der Waals surface area contributed by atoms with Crippen LogP contribution in [-0.2, 0) is 4.74 Å². The predicted molar refractivity (Wildman–Crippen MR) is 40.7 cm³/mol. The summed E-state index contributed by atoms with van der Waals surface area (Å²) in [5.41, 5.74) is 0. The van der Waals surface area contributed by atoms with Gasteiger partial charge in [0.25, 0.3) is 0 Å². The minimum atomic E-state index is -1.25. The van der Waals surface area contributed by atoms with Crippen molar-refractivity contribution < 1.29 is 9.84 Å². The van der Waals surface area contributed by atoms with Crippen LogP contribution in [0.3, 0.4) is 0 Å². The molecule has 0 bridgehead atoms. The molecule has 2 atom stereocenters. The third kappa shape index (κ3) is 1.89. The average molecular weight is 205 g/mol. The highest BCUT2D eigenvalue weighted by atomic mass is 35.5. The molecule has 1 heterocycles. The maximum Gasteiger partial charge on any atom is 0.188 e. The highest BCUT2D eigenvalue weighted by Gasteiger charge is 2.40. The maximum absolute atomic E-state index is 9.01. The van der Waals surface area contributed by atoms with E-state index in [1.54, 1.807) is 0 Å². The van der Waals surface area contributed by atoms with Crippen molar-refractivity contribution >= 4 is 34.8 Å². The largest absolute Gasteiger partial charge is 0.366 e. The number of aliphatic hydroxyl groups is 1. The SMILES string of the molecule is O[C@H]1OC[C@@H](Cl)CC1(Cl)Cl. The first-order valence-corrected chi connectivity index (χ1v) is 4.03. The van der Waals surface area contributed by atoms with Gasteiger partial charge in [0.05, 0.1) is 12.0 Å². The van der Waals surface area contributed by atoms with Crippen LogP contribution in [-0.4, -0.2) is 27.7 Å². The molecular formula is C5H7Cl3O2. The fraction of sp³-hybridized carbons (Fsp3) is 1.00. The molecule has 0 saturated carbocycles. The van der Waals surface area contributed by atoms with Gasteiger partial charge in [0, 0.05) is 6.42 Å². The standard InChI is InChI=1S/C5H7Cl3O2/c6-3-1-5(7,8)4(9)10-2-3/h3-4,9H,1-2H2/t3-,4-/m0/s1. The lowest BCUT2D eigenvalue weighted by Crippen LogP contribution is -2.42. The van der Waals surface area contributed by atoms with E-state index >= 15 is 0 Å². The second-order valence-electron chi connectivity index (χ2n) is 2.25. The van der Waals surface area contributed by atoms with Crippen LogP contribution < -0.4 is 0 Å². The van der Waals surface area contributed by atoms with E-state index in [9.17, 15) is 0 Å². The summed E-state index contributed by atoms with van der Waals surface area (Å²) in [5.74, 6) is 0. The molecule has 5 heteroatoms. The highest BCUT2D eigenvalue weighted by Crippen LogP contribution is 2.36. The summed E-state index contributed by atoms with van der Waals surface area (Å²) in [6, 6.07) is 0. The van der Waals surface area contributed by atoms with Crippen molar-refractivity contribution in [3.8, 4) is 0 Å². The summed E-state index contributed by atoms with van der Waals surface area (Å²) in [5, 5.41) is 8.80. The van der Waals surface area contributed by atoms with Crippen LogP contribution in [0.1, 0.15) is 6.42 Å². The third-order valence-corrected chi connectivity index (χ3v) is 2.25. The first kappa shape index (κ1) is 8.88. The van der Waals surface area contributed by atoms with Gasteiger partial charge in [-0.3, -0.25) is 0 Å². The minimum absolute atomic E-state index is 0.210. The van der Waals surface area contributed by atoms with E-state index in [0.717, 1.165) is 0 Å². The van der Waals surface area contributed by atoms with Crippen LogP contribution in [0.15, 0.2) is 0 Å². The molecule has 60 valence electrons. The first-order chi connectivity index (χ1) is 4.52. The monoisotopic (exact) mass is 204 g/mol. The van der Waals surface area contributed by atoms with Crippen molar-refractivity contribution in [2.45, 2.75) is 22.4 Å². The molecule has 0 aliphatic carbocycles. The van der Waals surface area contributed by atoms with Gasteiger partial charge in [-0.15, -0.1) is 11.6 Å².